The lowest BCUT2D eigenvalue weighted by Gasteiger charge is -2.18. The average Bonchev–Trinajstić information content (AvgIpc) is 3.41. The van der Waals surface area contributed by atoms with Gasteiger partial charge in [-0.3, -0.25) is 4.40 Å². The third-order valence-corrected chi connectivity index (χ3v) is 6.66. The molecule has 3 aromatic heterocycles. The fourth-order valence-electron chi connectivity index (χ4n) is 4.68. The summed E-state index contributed by atoms with van der Waals surface area (Å²) in [5, 5.41) is 4.36. The maximum atomic E-state index is 6.04. The first-order valence-corrected chi connectivity index (χ1v) is 12.2. The van der Waals surface area contributed by atoms with E-state index in [9.17, 15) is 0 Å². The molecule has 3 N–H and O–H groups in total. The number of nitrogens with one attached hydrogen (secondary N) is 1. The summed E-state index contributed by atoms with van der Waals surface area (Å²) in [7, 11) is 3.34. The molecule has 0 bridgehead atoms. The Balaban J connectivity index is 1.65. The summed E-state index contributed by atoms with van der Waals surface area (Å²) >= 11 is 0. The summed E-state index contributed by atoms with van der Waals surface area (Å²) in [5.74, 6) is 2.59. The minimum absolute atomic E-state index is 0.387. The number of pyridine rings is 2. The van der Waals surface area contributed by atoms with E-state index < -0.39 is 0 Å². The summed E-state index contributed by atoms with van der Waals surface area (Å²) < 4.78 is 13.4. The third kappa shape index (κ3) is 4.30. The number of methoxy groups -OCH3 is 2. The number of hydrogen-bond donors (Lipinski definition) is 2. The van der Waals surface area contributed by atoms with E-state index in [-0.39, 0.29) is 0 Å². The summed E-state index contributed by atoms with van der Waals surface area (Å²) in [6.07, 6.45) is 5.62. The van der Waals surface area contributed by atoms with Gasteiger partial charge in [-0.1, -0.05) is 18.7 Å². The van der Waals surface area contributed by atoms with Crippen LogP contribution in [0.25, 0.3) is 27.7 Å². The van der Waals surface area contributed by atoms with Crippen LogP contribution in [0.1, 0.15) is 18.1 Å². The number of rotatable bonds is 7. The molecule has 8 nitrogen and oxygen atoms in total. The largest absolute Gasteiger partial charge is 0.496 e. The number of fused-ring (bicyclic) bond motifs is 3. The van der Waals surface area contributed by atoms with Crippen molar-refractivity contribution in [3.8, 4) is 22.6 Å². The van der Waals surface area contributed by atoms with E-state index in [0.29, 0.717) is 22.9 Å². The van der Waals surface area contributed by atoms with Gasteiger partial charge in [-0.2, -0.15) is 0 Å². The number of amidine groups is 1. The van der Waals surface area contributed by atoms with Crippen LogP contribution < -0.4 is 20.5 Å². The van der Waals surface area contributed by atoms with E-state index in [1.54, 1.807) is 20.4 Å². The maximum Gasteiger partial charge on any atom is 0.145 e. The number of nitrogens with zero attached hydrogens (tertiary/aromatic N) is 4. The molecule has 0 aliphatic heterocycles. The topological polar surface area (TPSA) is 99.1 Å². The number of para-hydroxylation sites is 2. The second-order valence-electron chi connectivity index (χ2n) is 9.13. The molecule has 0 saturated heterocycles. The Morgan fingerprint density at radius 1 is 1.03 bits per heavy atom. The van der Waals surface area contributed by atoms with Crippen LogP contribution in [0.2, 0.25) is 0 Å². The van der Waals surface area contributed by atoms with Gasteiger partial charge in [-0.05, 0) is 61.2 Å². The molecule has 0 spiro atoms. The summed E-state index contributed by atoms with van der Waals surface area (Å²) in [5.41, 5.74) is 14.1. The first-order valence-electron chi connectivity index (χ1n) is 12.2. The number of hydrogen-bond acceptors (Lipinski definition) is 6. The van der Waals surface area contributed by atoms with E-state index in [1.807, 2.05) is 55.7 Å². The van der Waals surface area contributed by atoms with Crippen molar-refractivity contribution in [1.82, 2.24) is 14.4 Å². The minimum atomic E-state index is 0.387. The Labute approximate surface area is 221 Å². The molecule has 5 rings (SSSR count). The highest BCUT2D eigenvalue weighted by molar-refractivity contribution is 5.99. The Bertz CT molecular complexity index is 1710. The van der Waals surface area contributed by atoms with Crippen LogP contribution in [-0.2, 0) is 0 Å². The molecule has 192 valence electrons. The standard InChI is InChI=1S/C30H30N6O2/c1-17(2)29(31)35-23-10-8-7-9-22(23)34-27-14-24-20(16-33-27)13-21(30-32-11-12-36(24)30)28-18(3)25(37-5)15-26(38-6)19(28)4/h7-16H,1H2,2-6H3,(H2,31,35)(H,33,34). The number of anilines is 2. The molecular weight excluding hydrogens is 476 g/mol. The van der Waals surface area contributed by atoms with Crippen molar-refractivity contribution in [3.05, 3.63) is 84.3 Å². The van der Waals surface area contributed by atoms with Crippen molar-refractivity contribution < 1.29 is 9.47 Å². The van der Waals surface area contributed by atoms with Gasteiger partial charge in [-0.15, -0.1) is 0 Å². The maximum absolute atomic E-state index is 6.04. The number of benzene rings is 2. The Kier molecular flexibility index (Phi) is 6.46. The summed E-state index contributed by atoms with van der Waals surface area (Å²) in [6, 6.07) is 13.7. The van der Waals surface area contributed by atoms with Crippen LogP contribution in [0.5, 0.6) is 11.5 Å². The molecule has 0 radical (unpaired) electrons. The van der Waals surface area contributed by atoms with Gasteiger partial charge in [0.1, 0.15) is 28.8 Å². The Morgan fingerprint density at radius 2 is 1.74 bits per heavy atom. The molecule has 38 heavy (non-hydrogen) atoms. The predicted octanol–water partition coefficient (Wildman–Crippen LogP) is 6.49. The molecule has 0 aliphatic carbocycles. The van der Waals surface area contributed by atoms with Crippen LogP contribution in [0.15, 0.2) is 78.2 Å². The fourth-order valence-corrected chi connectivity index (χ4v) is 4.68. The molecule has 0 unspecified atom stereocenters. The Hall–Kier alpha value is -4.85. The van der Waals surface area contributed by atoms with Crippen LogP contribution in [0.4, 0.5) is 17.2 Å². The lowest BCUT2D eigenvalue weighted by Crippen LogP contribution is -2.11. The summed E-state index contributed by atoms with van der Waals surface area (Å²) in [4.78, 5) is 13.9. The van der Waals surface area contributed by atoms with Gasteiger partial charge < -0.3 is 20.5 Å². The highest BCUT2D eigenvalue weighted by atomic mass is 16.5. The van der Waals surface area contributed by atoms with Gasteiger partial charge in [0.15, 0.2) is 0 Å². The molecule has 8 heteroatoms. The van der Waals surface area contributed by atoms with Gasteiger partial charge >= 0.3 is 0 Å². The number of aromatic nitrogens is 3. The van der Waals surface area contributed by atoms with Crippen LogP contribution in [0, 0.1) is 13.8 Å². The van der Waals surface area contributed by atoms with Crippen molar-refractivity contribution in [2.75, 3.05) is 19.5 Å². The zero-order valence-corrected chi connectivity index (χ0v) is 22.2. The highest BCUT2D eigenvalue weighted by Gasteiger charge is 2.20. The molecule has 5 aromatic rings. The molecular formula is C30H30N6O2. The lowest BCUT2D eigenvalue weighted by molar-refractivity contribution is 0.391. The van der Waals surface area contributed by atoms with Crippen molar-refractivity contribution in [1.29, 1.82) is 0 Å². The Morgan fingerprint density at radius 3 is 2.42 bits per heavy atom. The third-order valence-electron chi connectivity index (χ3n) is 6.66. The number of nitrogens with two attached hydrogens (primary N) is 1. The lowest BCUT2D eigenvalue weighted by atomic mass is 9.94. The predicted molar refractivity (Wildman–Crippen MR) is 154 cm³/mol. The highest BCUT2D eigenvalue weighted by Crippen LogP contribution is 2.41. The second kappa shape index (κ2) is 9.89. The molecule has 0 fully saturated rings. The number of aliphatic imine (C=N–C) groups is 1. The van der Waals surface area contributed by atoms with Crippen LogP contribution in [-0.4, -0.2) is 34.4 Å². The van der Waals surface area contributed by atoms with Crippen LogP contribution in [0.3, 0.4) is 0 Å². The van der Waals surface area contributed by atoms with E-state index >= 15 is 0 Å². The molecule has 0 aliphatic rings. The van der Waals surface area contributed by atoms with E-state index in [4.69, 9.17) is 25.2 Å². The average molecular weight is 507 g/mol. The van der Waals surface area contributed by atoms with Crippen molar-refractivity contribution in [2.45, 2.75) is 20.8 Å². The molecule has 0 amide bonds. The number of ether oxygens (including phenoxy) is 2. The van der Waals surface area contributed by atoms with E-state index in [1.165, 1.54) is 0 Å². The molecule has 3 heterocycles. The molecule has 2 aromatic carbocycles. The van der Waals surface area contributed by atoms with Crippen molar-refractivity contribution in [2.24, 2.45) is 10.7 Å². The quantitative estimate of drug-likeness (QED) is 0.193. The van der Waals surface area contributed by atoms with Gasteiger partial charge in [0.05, 0.1) is 31.1 Å². The zero-order chi connectivity index (χ0) is 27.0. The smallest absolute Gasteiger partial charge is 0.145 e. The SMILES string of the molecule is C=C(C)C(N)=Nc1ccccc1Nc1cc2c(cn1)cc(-c1c(C)c(OC)cc(OC)c1C)c1nccn12. The first-order chi connectivity index (χ1) is 18.3. The molecule has 0 atom stereocenters. The van der Waals surface area contributed by atoms with E-state index in [0.717, 1.165) is 56.0 Å². The van der Waals surface area contributed by atoms with Crippen LogP contribution >= 0.6 is 0 Å². The first kappa shape index (κ1) is 24.8. The second-order valence-corrected chi connectivity index (χ2v) is 9.13. The molecule has 0 saturated carbocycles. The normalized spacial score (nSPS) is 11.7. The minimum Gasteiger partial charge on any atom is -0.496 e. The van der Waals surface area contributed by atoms with Gasteiger partial charge in [-0.25, -0.2) is 15.0 Å². The van der Waals surface area contributed by atoms with Gasteiger partial charge in [0.2, 0.25) is 0 Å². The fraction of sp³-hybridized carbons (Fsp3) is 0.167. The summed E-state index contributed by atoms with van der Waals surface area (Å²) in [6.45, 7) is 9.80. The zero-order valence-electron chi connectivity index (χ0n) is 22.2. The monoisotopic (exact) mass is 506 g/mol. The number of imidazole rings is 1. The van der Waals surface area contributed by atoms with Gasteiger partial charge in [0.25, 0.3) is 0 Å². The van der Waals surface area contributed by atoms with E-state index in [2.05, 4.69) is 41.2 Å². The van der Waals surface area contributed by atoms with Gasteiger partial charge in [0, 0.05) is 41.7 Å². The van der Waals surface area contributed by atoms with Crippen molar-refractivity contribution in [3.63, 3.8) is 0 Å². The van der Waals surface area contributed by atoms with Crippen molar-refractivity contribution >= 4 is 39.6 Å².